The van der Waals surface area contributed by atoms with E-state index in [0.717, 1.165) is 12.8 Å². The summed E-state index contributed by atoms with van der Waals surface area (Å²) in [6.45, 7) is 0.635. The van der Waals surface area contributed by atoms with Gasteiger partial charge in [0, 0.05) is 24.4 Å². The third kappa shape index (κ3) is 3.22. The van der Waals surface area contributed by atoms with E-state index < -0.39 is 23.5 Å². The lowest BCUT2D eigenvalue weighted by Crippen LogP contribution is -2.16. The number of rotatable bonds is 5. The maximum absolute atomic E-state index is 14.4. The Balaban J connectivity index is 1.94. The number of nitrogens with zero attached hydrogens (tertiary/aromatic N) is 5. The second-order valence-electron chi connectivity index (χ2n) is 6.66. The number of fused-ring (bicyclic) bond motifs is 1. The van der Waals surface area contributed by atoms with Crippen molar-refractivity contribution in [1.82, 2.24) is 24.7 Å². The van der Waals surface area contributed by atoms with Gasteiger partial charge in [-0.05, 0) is 18.9 Å². The Morgan fingerprint density at radius 3 is 2.70 bits per heavy atom. The van der Waals surface area contributed by atoms with Crippen LogP contribution in [0.5, 0.6) is 0 Å². The van der Waals surface area contributed by atoms with Gasteiger partial charge in [0.15, 0.2) is 11.6 Å². The number of hydrogen-bond acceptors (Lipinski definition) is 5. The van der Waals surface area contributed by atoms with Crippen LogP contribution in [0.2, 0.25) is 0 Å². The lowest BCUT2D eigenvalue weighted by Gasteiger charge is -2.11. The van der Waals surface area contributed by atoms with Crippen molar-refractivity contribution in [3.05, 3.63) is 41.5 Å². The van der Waals surface area contributed by atoms with Crippen molar-refractivity contribution < 1.29 is 18.0 Å². The van der Waals surface area contributed by atoms with Crippen molar-refractivity contribution >= 4 is 16.8 Å². The van der Waals surface area contributed by atoms with Crippen molar-refractivity contribution in [3.63, 3.8) is 0 Å². The van der Waals surface area contributed by atoms with Gasteiger partial charge in [-0.3, -0.25) is 9.78 Å². The van der Waals surface area contributed by atoms with E-state index in [-0.39, 0.29) is 18.2 Å². The fraction of sp³-hybridized carbons (Fsp3) is 0.353. The molecule has 4 rings (SSSR count). The first-order chi connectivity index (χ1) is 12.7. The molecule has 27 heavy (non-hydrogen) atoms. The van der Waals surface area contributed by atoms with Crippen LogP contribution in [0.15, 0.2) is 18.5 Å². The molecule has 140 valence electrons. The monoisotopic (exact) mass is 376 g/mol. The fourth-order valence-electron chi connectivity index (χ4n) is 2.89. The van der Waals surface area contributed by atoms with Crippen LogP contribution >= 0.6 is 0 Å². The van der Waals surface area contributed by atoms with Gasteiger partial charge in [-0.25, -0.2) is 19.0 Å². The normalized spacial score (nSPS) is 14.7. The molecule has 1 aliphatic carbocycles. The predicted molar refractivity (Wildman–Crippen MR) is 88.9 cm³/mol. The van der Waals surface area contributed by atoms with E-state index in [1.165, 1.54) is 4.68 Å². The minimum absolute atomic E-state index is 0.107. The minimum Gasteiger partial charge on any atom is -0.369 e. The maximum atomic E-state index is 14.4. The highest BCUT2D eigenvalue weighted by Gasteiger charge is 2.32. The fourth-order valence-corrected chi connectivity index (χ4v) is 2.89. The van der Waals surface area contributed by atoms with Crippen LogP contribution in [-0.4, -0.2) is 30.6 Å². The quantitative estimate of drug-likeness (QED) is 0.737. The lowest BCUT2D eigenvalue weighted by atomic mass is 10.1. The molecule has 0 aromatic carbocycles. The van der Waals surface area contributed by atoms with Crippen molar-refractivity contribution in [3.8, 4) is 5.82 Å². The number of primary amides is 1. The molecule has 1 fully saturated rings. The van der Waals surface area contributed by atoms with E-state index in [2.05, 4.69) is 20.1 Å². The van der Waals surface area contributed by atoms with Crippen LogP contribution in [0.1, 0.15) is 42.9 Å². The van der Waals surface area contributed by atoms with Gasteiger partial charge in [0.1, 0.15) is 0 Å². The second-order valence-corrected chi connectivity index (χ2v) is 6.66. The molecular weight excluding hydrogens is 361 g/mol. The molecule has 3 aromatic rings. The molecule has 10 heteroatoms. The summed E-state index contributed by atoms with van der Waals surface area (Å²) in [5, 5.41) is 5.07. The average molecular weight is 376 g/mol. The highest BCUT2D eigenvalue weighted by molar-refractivity contribution is 5.85. The number of nitrogens with two attached hydrogens (primary N) is 1. The number of alkyl halides is 2. The third-order valence-electron chi connectivity index (χ3n) is 4.29. The van der Waals surface area contributed by atoms with Crippen molar-refractivity contribution in [2.45, 2.75) is 38.0 Å². The Hall–Kier alpha value is -3.04. The zero-order valence-electron chi connectivity index (χ0n) is 14.3. The van der Waals surface area contributed by atoms with Crippen LogP contribution in [0.4, 0.5) is 13.2 Å². The van der Waals surface area contributed by atoms with Crippen LogP contribution < -0.4 is 5.73 Å². The van der Waals surface area contributed by atoms with Gasteiger partial charge in [-0.1, -0.05) is 0 Å². The van der Waals surface area contributed by atoms with Crippen molar-refractivity contribution in [1.29, 1.82) is 0 Å². The van der Waals surface area contributed by atoms with Crippen LogP contribution in [0.3, 0.4) is 0 Å². The summed E-state index contributed by atoms with van der Waals surface area (Å²) >= 11 is 0. The van der Waals surface area contributed by atoms with Gasteiger partial charge < -0.3 is 5.73 Å². The Morgan fingerprint density at radius 2 is 2.07 bits per heavy atom. The molecule has 0 unspecified atom stereocenters. The van der Waals surface area contributed by atoms with Gasteiger partial charge >= 0.3 is 5.92 Å². The van der Waals surface area contributed by atoms with Gasteiger partial charge in [0.25, 0.3) is 0 Å². The van der Waals surface area contributed by atoms with E-state index in [1.54, 1.807) is 12.3 Å². The van der Waals surface area contributed by atoms with Gasteiger partial charge in [0.05, 0.1) is 29.5 Å². The molecule has 2 N–H and O–H groups in total. The number of halogens is 3. The van der Waals surface area contributed by atoms with E-state index >= 15 is 0 Å². The molecule has 0 atom stereocenters. The van der Waals surface area contributed by atoms with Crippen LogP contribution in [0.25, 0.3) is 16.7 Å². The molecule has 0 spiro atoms. The third-order valence-corrected chi connectivity index (χ3v) is 4.29. The molecule has 3 heterocycles. The zero-order valence-corrected chi connectivity index (χ0v) is 14.3. The predicted octanol–water partition coefficient (Wildman–Crippen LogP) is 2.37. The summed E-state index contributed by atoms with van der Waals surface area (Å²) in [6.07, 6.45) is 3.99. The van der Waals surface area contributed by atoms with E-state index in [4.69, 9.17) is 5.73 Å². The molecule has 0 aliphatic heterocycles. The zero-order chi connectivity index (χ0) is 19.3. The minimum atomic E-state index is -3.33. The highest BCUT2D eigenvalue weighted by atomic mass is 19.3. The molecule has 1 aliphatic rings. The summed E-state index contributed by atoms with van der Waals surface area (Å²) in [5.74, 6) is -5.77. The number of amides is 1. The summed E-state index contributed by atoms with van der Waals surface area (Å²) in [7, 11) is 0. The SMILES string of the molecule is CC(F)(F)c1ncc(F)c(-n2nc(C3CC3)c3cnc(CC(N)=O)cc32)n1. The molecule has 1 amide bonds. The number of pyridine rings is 1. The number of aromatic nitrogens is 5. The lowest BCUT2D eigenvalue weighted by molar-refractivity contribution is -0.117. The summed E-state index contributed by atoms with van der Waals surface area (Å²) in [5.41, 5.74) is 6.70. The molecule has 0 radical (unpaired) electrons. The summed E-state index contributed by atoms with van der Waals surface area (Å²) in [4.78, 5) is 22.5. The first-order valence-electron chi connectivity index (χ1n) is 8.31. The summed E-state index contributed by atoms with van der Waals surface area (Å²) < 4.78 is 42.8. The van der Waals surface area contributed by atoms with Crippen molar-refractivity contribution in [2.24, 2.45) is 5.73 Å². The maximum Gasteiger partial charge on any atom is 0.303 e. The topological polar surface area (TPSA) is 99.6 Å². The molecule has 0 bridgehead atoms. The number of carbonyl (C=O) groups excluding carboxylic acids is 1. The second kappa shape index (κ2) is 6.00. The smallest absolute Gasteiger partial charge is 0.303 e. The molecular formula is C17H15F3N6O. The van der Waals surface area contributed by atoms with E-state index in [9.17, 15) is 18.0 Å². The van der Waals surface area contributed by atoms with E-state index in [0.29, 0.717) is 35.4 Å². The Kier molecular flexibility index (Phi) is 3.86. The van der Waals surface area contributed by atoms with Gasteiger partial charge in [-0.2, -0.15) is 13.9 Å². The molecule has 7 nitrogen and oxygen atoms in total. The van der Waals surface area contributed by atoms with Crippen LogP contribution in [-0.2, 0) is 17.1 Å². The standard InChI is InChI=1S/C17H15F3N6O/c1-17(19,20)16-23-7-11(18)15(24-16)26-12-4-9(5-13(21)27)22-6-10(12)14(25-26)8-2-3-8/h4,6-8H,2-3,5H2,1H3,(H2,21,27). The van der Waals surface area contributed by atoms with E-state index in [1.807, 2.05) is 0 Å². The first kappa shape index (κ1) is 17.4. The number of hydrogen-bond donors (Lipinski definition) is 1. The van der Waals surface area contributed by atoms with Gasteiger partial charge in [-0.15, -0.1) is 0 Å². The van der Waals surface area contributed by atoms with Crippen molar-refractivity contribution in [2.75, 3.05) is 0 Å². The molecule has 3 aromatic heterocycles. The highest BCUT2D eigenvalue weighted by Crippen LogP contribution is 2.42. The Labute approximate surface area is 151 Å². The first-order valence-corrected chi connectivity index (χ1v) is 8.31. The molecule has 0 saturated heterocycles. The van der Waals surface area contributed by atoms with Gasteiger partial charge in [0.2, 0.25) is 11.7 Å². The molecule has 1 saturated carbocycles. The summed E-state index contributed by atoms with van der Waals surface area (Å²) in [6, 6.07) is 1.55. The Bertz CT molecular complexity index is 1050. The Morgan fingerprint density at radius 1 is 1.33 bits per heavy atom. The van der Waals surface area contributed by atoms with Crippen LogP contribution in [0, 0.1) is 5.82 Å². The number of carbonyl (C=O) groups is 1. The largest absolute Gasteiger partial charge is 0.369 e. The average Bonchev–Trinajstić information content (AvgIpc) is 3.35.